The van der Waals surface area contributed by atoms with Crippen LogP contribution in [0, 0.1) is 0 Å². The van der Waals surface area contributed by atoms with Crippen molar-refractivity contribution in [2.45, 2.75) is 9.79 Å². The summed E-state index contributed by atoms with van der Waals surface area (Å²) >= 11 is 11.7. The zero-order chi connectivity index (χ0) is 27.5. The topological polar surface area (TPSA) is 109 Å². The zero-order valence-corrected chi connectivity index (χ0v) is 28.6. The molecule has 40 heavy (non-hydrogen) atoms. The third-order valence-electron chi connectivity index (χ3n) is 5.57. The van der Waals surface area contributed by atoms with Gasteiger partial charge in [0.2, 0.25) is 0 Å². The predicted molar refractivity (Wildman–Crippen MR) is 154 cm³/mol. The van der Waals surface area contributed by atoms with E-state index in [0.717, 1.165) is 22.3 Å². The molecule has 6 nitrogen and oxygen atoms in total. The van der Waals surface area contributed by atoms with Crippen LogP contribution < -0.4 is 59.1 Å². The van der Waals surface area contributed by atoms with Crippen LogP contribution in [-0.4, -0.2) is 25.9 Å². The minimum absolute atomic E-state index is 0. The molecule has 0 aromatic heterocycles. The molecule has 12 heteroatoms. The third-order valence-corrected chi connectivity index (χ3v) is 7.86. The summed E-state index contributed by atoms with van der Waals surface area (Å²) in [6.45, 7) is 0. The number of hydrogen-bond donors (Lipinski definition) is 2. The molecule has 198 valence electrons. The third kappa shape index (κ3) is 9.39. The van der Waals surface area contributed by atoms with Crippen LogP contribution in [0.4, 0.5) is 0 Å². The molecule has 0 radical (unpaired) electrons. The maximum atomic E-state index is 11.6. The molecule has 0 aliphatic carbocycles. The number of rotatable bonds is 7. The van der Waals surface area contributed by atoms with Crippen molar-refractivity contribution in [1.82, 2.24) is 0 Å². The first-order valence-electron chi connectivity index (χ1n) is 11.0. The second kappa shape index (κ2) is 14.8. The first kappa shape index (κ1) is 35.0. The molecule has 0 saturated heterocycles. The van der Waals surface area contributed by atoms with Gasteiger partial charge >= 0.3 is 59.1 Å². The maximum Gasteiger partial charge on any atom is 1.00 e. The molecule has 0 heterocycles. The standard InChI is InChI=1S/C28H20Cl2O6S2.2Na.2H/c29-25-15-13-23(27(17-25)37(31,32)33)11-5-19-1-7-21(8-2-19)22-9-3-20(4-10-22)6-12-24-14-16-26(30)18-28(24)38(34,35)36;;;;/h1-18H,(H,31,32,33)(H,34,35,36);;;;/q;2*+1;2*-1/b11-5+,12-6+;;;;. The van der Waals surface area contributed by atoms with Crippen molar-refractivity contribution in [2.24, 2.45) is 0 Å². The number of hydrogen-bond acceptors (Lipinski definition) is 4. The fourth-order valence-corrected chi connectivity index (χ4v) is 5.58. The Kier molecular flexibility index (Phi) is 12.9. The molecule has 0 saturated carbocycles. The summed E-state index contributed by atoms with van der Waals surface area (Å²) in [7, 11) is -8.84. The van der Waals surface area contributed by atoms with Crippen LogP contribution in [0.2, 0.25) is 10.0 Å². The Morgan fingerprint density at radius 3 is 1.15 bits per heavy atom. The SMILES string of the molecule is O=S(=O)(O)c1cc(Cl)ccc1/C=C/c1ccc(-c2ccc(/C=C/c3ccc(Cl)cc3S(=O)(=O)O)cc2)cc1.[H-].[H-].[Na+].[Na+]. The van der Waals surface area contributed by atoms with Gasteiger partial charge in [-0.2, -0.15) is 16.8 Å². The van der Waals surface area contributed by atoms with E-state index in [1.807, 2.05) is 48.5 Å². The van der Waals surface area contributed by atoms with E-state index in [-0.39, 0.29) is 81.8 Å². The van der Waals surface area contributed by atoms with E-state index in [2.05, 4.69) is 0 Å². The van der Waals surface area contributed by atoms with Crippen LogP contribution in [0.1, 0.15) is 25.1 Å². The monoisotopic (exact) mass is 634 g/mol. The van der Waals surface area contributed by atoms with Gasteiger partial charge in [-0.1, -0.05) is 108 Å². The summed E-state index contributed by atoms with van der Waals surface area (Å²) in [6.07, 6.45) is 6.63. The molecule has 0 amide bonds. The molecule has 0 fully saturated rings. The Morgan fingerprint density at radius 1 is 0.525 bits per heavy atom. The van der Waals surface area contributed by atoms with Gasteiger partial charge in [0, 0.05) is 10.0 Å². The van der Waals surface area contributed by atoms with Gasteiger partial charge in [-0.3, -0.25) is 9.11 Å². The predicted octanol–water partition coefficient (Wildman–Crippen LogP) is 1.73. The van der Waals surface area contributed by atoms with Gasteiger partial charge in [0.1, 0.15) is 9.79 Å². The molecule has 0 aliphatic heterocycles. The van der Waals surface area contributed by atoms with Gasteiger partial charge < -0.3 is 2.85 Å². The van der Waals surface area contributed by atoms with E-state index >= 15 is 0 Å². The van der Waals surface area contributed by atoms with Crippen LogP contribution in [0.5, 0.6) is 0 Å². The van der Waals surface area contributed by atoms with Crippen molar-refractivity contribution in [3.05, 3.63) is 117 Å². The average molecular weight is 635 g/mol. The normalized spacial score (nSPS) is 11.8. The second-order valence-corrected chi connectivity index (χ2v) is 11.9. The van der Waals surface area contributed by atoms with Gasteiger partial charge in [-0.05, 0) is 57.6 Å². The first-order chi connectivity index (χ1) is 17.9. The first-order valence-corrected chi connectivity index (χ1v) is 14.6. The molecular weight excluding hydrogens is 613 g/mol. The van der Waals surface area contributed by atoms with E-state index in [4.69, 9.17) is 23.2 Å². The molecule has 2 N–H and O–H groups in total. The van der Waals surface area contributed by atoms with Crippen molar-refractivity contribution >= 4 is 67.7 Å². The van der Waals surface area contributed by atoms with Gasteiger partial charge in [0.05, 0.1) is 0 Å². The zero-order valence-electron chi connectivity index (χ0n) is 23.5. The minimum Gasteiger partial charge on any atom is -1.00 e. The number of benzene rings is 4. The summed E-state index contributed by atoms with van der Waals surface area (Å²) in [6, 6.07) is 23.7. The number of halogens is 2. The van der Waals surface area contributed by atoms with Crippen molar-refractivity contribution in [2.75, 3.05) is 0 Å². The average Bonchev–Trinajstić information content (AvgIpc) is 2.87. The van der Waals surface area contributed by atoms with Crippen LogP contribution in [0.25, 0.3) is 35.4 Å². The van der Waals surface area contributed by atoms with Crippen LogP contribution in [0.3, 0.4) is 0 Å². The summed E-state index contributed by atoms with van der Waals surface area (Å²) < 4.78 is 65.5. The Balaban J connectivity index is 0.00000420. The van der Waals surface area contributed by atoms with Crippen molar-refractivity contribution in [3.8, 4) is 11.1 Å². The largest absolute Gasteiger partial charge is 1.00 e. The minimum atomic E-state index is -4.42. The Labute approximate surface area is 290 Å². The summed E-state index contributed by atoms with van der Waals surface area (Å²) in [4.78, 5) is -0.533. The van der Waals surface area contributed by atoms with Gasteiger partial charge in [0.25, 0.3) is 20.2 Å². The molecule has 0 unspecified atom stereocenters. The fourth-order valence-electron chi connectivity index (χ4n) is 3.68. The second-order valence-electron chi connectivity index (χ2n) is 8.23. The van der Waals surface area contributed by atoms with Crippen molar-refractivity contribution < 1.29 is 87.9 Å². The summed E-state index contributed by atoms with van der Waals surface area (Å²) in [5.74, 6) is 0. The summed E-state index contributed by atoms with van der Waals surface area (Å²) in [5.41, 5.74) is 4.17. The van der Waals surface area contributed by atoms with E-state index < -0.39 is 20.2 Å². The Hall–Kier alpha value is -1.24. The smallest absolute Gasteiger partial charge is 1.00 e. The molecule has 4 rings (SSSR count). The van der Waals surface area contributed by atoms with E-state index in [9.17, 15) is 25.9 Å². The van der Waals surface area contributed by atoms with Crippen LogP contribution >= 0.6 is 23.2 Å². The molecular formula is C28H22Cl2Na2O6S2. The fraction of sp³-hybridized carbons (Fsp3) is 0. The maximum absolute atomic E-state index is 11.6. The van der Waals surface area contributed by atoms with E-state index in [1.54, 1.807) is 36.4 Å². The van der Waals surface area contributed by atoms with E-state index in [1.165, 1.54) is 24.3 Å². The molecule has 0 aliphatic rings. The Bertz CT molecular complexity index is 1650. The molecule has 4 aromatic rings. The summed E-state index contributed by atoms with van der Waals surface area (Å²) in [5, 5.41) is 0.405. The van der Waals surface area contributed by atoms with Gasteiger partial charge in [0.15, 0.2) is 0 Å². The van der Waals surface area contributed by atoms with Crippen LogP contribution in [-0.2, 0) is 20.2 Å². The van der Waals surface area contributed by atoms with Crippen LogP contribution in [0.15, 0.2) is 94.7 Å². The Morgan fingerprint density at radius 2 is 0.850 bits per heavy atom. The molecule has 0 bridgehead atoms. The molecule has 0 spiro atoms. The van der Waals surface area contributed by atoms with Crippen molar-refractivity contribution in [3.63, 3.8) is 0 Å². The van der Waals surface area contributed by atoms with Crippen molar-refractivity contribution in [1.29, 1.82) is 0 Å². The molecule has 0 atom stereocenters. The van der Waals surface area contributed by atoms with Gasteiger partial charge in [-0.25, -0.2) is 0 Å². The quantitative estimate of drug-likeness (QED) is 0.182. The molecule has 4 aromatic carbocycles. The van der Waals surface area contributed by atoms with E-state index in [0.29, 0.717) is 11.1 Å². The van der Waals surface area contributed by atoms with Gasteiger partial charge in [-0.15, -0.1) is 0 Å².